The number of aromatic nitrogens is 2. The van der Waals surface area contributed by atoms with Gasteiger partial charge in [-0.15, -0.1) is 10.2 Å². The van der Waals surface area contributed by atoms with E-state index >= 15 is 0 Å². The summed E-state index contributed by atoms with van der Waals surface area (Å²) in [6, 6.07) is 3.48. The van der Waals surface area contributed by atoms with Crippen molar-refractivity contribution < 1.29 is 27.4 Å². The lowest BCUT2D eigenvalue weighted by Gasteiger charge is -2.14. The lowest BCUT2D eigenvalue weighted by Crippen LogP contribution is -2.11. The van der Waals surface area contributed by atoms with E-state index in [1.165, 1.54) is 21.3 Å². The van der Waals surface area contributed by atoms with Crippen molar-refractivity contribution in [2.75, 3.05) is 26.6 Å². The highest BCUT2D eigenvalue weighted by Gasteiger charge is 2.29. The van der Waals surface area contributed by atoms with Crippen LogP contribution >= 0.6 is 11.3 Å². The van der Waals surface area contributed by atoms with Crippen LogP contribution in [0.4, 0.5) is 18.3 Å². The first-order valence-electron chi connectivity index (χ1n) is 6.78. The van der Waals surface area contributed by atoms with Crippen LogP contribution < -0.4 is 19.5 Å². The third kappa shape index (κ3) is 4.63. The molecule has 1 aromatic carbocycles. The number of nitrogens with zero attached hydrogens (tertiary/aromatic N) is 2. The third-order valence-electron chi connectivity index (χ3n) is 2.99. The molecule has 0 aliphatic rings. The molecule has 0 atom stereocenters. The van der Waals surface area contributed by atoms with Gasteiger partial charge in [0.05, 0.1) is 27.8 Å². The molecule has 6 nitrogen and oxygen atoms in total. The summed E-state index contributed by atoms with van der Waals surface area (Å²) in [5.74, 6) is 1.44. The summed E-state index contributed by atoms with van der Waals surface area (Å²) in [6.45, 7) is 0.317. The van der Waals surface area contributed by atoms with Gasteiger partial charge < -0.3 is 19.5 Å². The fourth-order valence-corrected chi connectivity index (χ4v) is 2.75. The van der Waals surface area contributed by atoms with Crippen molar-refractivity contribution in [3.8, 4) is 17.2 Å². The molecular formula is C14H16F3N3O3S. The molecule has 0 amide bonds. The number of anilines is 1. The van der Waals surface area contributed by atoms with E-state index in [0.29, 0.717) is 28.9 Å². The number of hydrogen-bond acceptors (Lipinski definition) is 7. The SMILES string of the molecule is COc1cc(CNc2nnc(CC(F)(F)F)s2)cc(OC)c1OC. The predicted octanol–water partition coefficient (Wildman–Crippen LogP) is 3.28. The molecule has 10 heteroatoms. The smallest absolute Gasteiger partial charge is 0.395 e. The Morgan fingerprint density at radius 2 is 1.67 bits per heavy atom. The van der Waals surface area contributed by atoms with Gasteiger partial charge in [0.2, 0.25) is 10.9 Å². The fourth-order valence-electron chi connectivity index (χ4n) is 1.98. The van der Waals surface area contributed by atoms with Crippen molar-refractivity contribution >= 4 is 16.5 Å². The highest BCUT2D eigenvalue weighted by molar-refractivity contribution is 7.15. The second-order valence-corrected chi connectivity index (χ2v) is 5.74. The number of nitrogens with one attached hydrogen (secondary N) is 1. The van der Waals surface area contributed by atoms with Gasteiger partial charge in [-0.1, -0.05) is 11.3 Å². The van der Waals surface area contributed by atoms with Crippen LogP contribution in [0.25, 0.3) is 0 Å². The minimum atomic E-state index is -4.30. The lowest BCUT2D eigenvalue weighted by atomic mass is 10.2. The number of rotatable bonds is 7. The summed E-state index contributed by atoms with van der Waals surface area (Å²) in [5, 5.41) is 10.4. The number of methoxy groups -OCH3 is 3. The standard InChI is InChI=1S/C14H16F3N3O3S/c1-21-9-4-8(5-10(22-2)12(9)23-3)7-18-13-20-19-11(24-13)6-14(15,16)17/h4-5H,6-7H2,1-3H3,(H,18,20). The maximum atomic E-state index is 12.3. The molecule has 1 heterocycles. The van der Waals surface area contributed by atoms with Gasteiger partial charge in [-0.05, 0) is 17.7 Å². The minimum absolute atomic E-state index is 0.0881. The lowest BCUT2D eigenvalue weighted by molar-refractivity contribution is -0.127. The highest BCUT2D eigenvalue weighted by Crippen LogP contribution is 2.38. The van der Waals surface area contributed by atoms with Crippen LogP contribution in [0.2, 0.25) is 0 Å². The van der Waals surface area contributed by atoms with Crippen molar-refractivity contribution in [1.82, 2.24) is 10.2 Å². The molecule has 0 unspecified atom stereocenters. The van der Waals surface area contributed by atoms with Crippen molar-refractivity contribution in [2.24, 2.45) is 0 Å². The van der Waals surface area contributed by atoms with E-state index in [1.54, 1.807) is 12.1 Å². The molecule has 1 aromatic heterocycles. The normalized spacial score (nSPS) is 11.2. The summed E-state index contributed by atoms with van der Waals surface area (Å²) in [7, 11) is 4.51. The number of benzene rings is 1. The van der Waals surface area contributed by atoms with Gasteiger partial charge >= 0.3 is 6.18 Å². The van der Waals surface area contributed by atoms with Crippen molar-refractivity contribution in [3.63, 3.8) is 0 Å². The third-order valence-corrected chi connectivity index (χ3v) is 3.87. The van der Waals surface area contributed by atoms with E-state index in [9.17, 15) is 13.2 Å². The summed E-state index contributed by atoms with van der Waals surface area (Å²) in [5.41, 5.74) is 0.789. The Hall–Kier alpha value is -2.23. The van der Waals surface area contributed by atoms with Gasteiger partial charge in [0, 0.05) is 6.54 Å². The molecule has 0 radical (unpaired) electrons. The fraction of sp³-hybridized carbons (Fsp3) is 0.429. The van der Waals surface area contributed by atoms with Gasteiger partial charge in [-0.25, -0.2) is 0 Å². The average molecular weight is 363 g/mol. The van der Waals surface area contributed by atoms with E-state index < -0.39 is 12.6 Å². The first-order chi connectivity index (χ1) is 11.4. The maximum absolute atomic E-state index is 12.3. The Labute approximate surface area is 140 Å². The number of halogens is 3. The van der Waals surface area contributed by atoms with Crippen molar-refractivity contribution in [1.29, 1.82) is 0 Å². The molecule has 1 N–H and O–H groups in total. The number of ether oxygens (including phenoxy) is 3. The zero-order valence-corrected chi connectivity index (χ0v) is 14.0. The Morgan fingerprint density at radius 3 is 2.17 bits per heavy atom. The van der Waals surface area contributed by atoms with E-state index in [4.69, 9.17) is 14.2 Å². The van der Waals surface area contributed by atoms with Crippen LogP contribution in [0, 0.1) is 0 Å². The minimum Gasteiger partial charge on any atom is -0.493 e. The van der Waals surface area contributed by atoms with Crippen LogP contribution in [0.5, 0.6) is 17.2 Å². The summed E-state index contributed by atoms with van der Waals surface area (Å²) >= 11 is 0.866. The molecule has 0 spiro atoms. The molecule has 0 bridgehead atoms. The Morgan fingerprint density at radius 1 is 1.04 bits per heavy atom. The van der Waals surface area contributed by atoms with E-state index in [1.807, 2.05) is 0 Å². The second-order valence-electron chi connectivity index (χ2n) is 4.68. The highest BCUT2D eigenvalue weighted by atomic mass is 32.1. The Bertz CT molecular complexity index is 666. The first kappa shape index (κ1) is 18.1. The molecule has 2 aromatic rings. The molecule has 0 aliphatic heterocycles. The van der Waals surface area contributed by atoms with E-state index in [-0.39, 0.29) is 5.01 Å². The molecule has 0 aliphatic carbocycles. The topological polar surface area (TPSA) is 65.5 Å². The molecule has 0 fully saturated rings. The molecular weight excluding hydrogens is 347 g/mol. The quantitative estimate of drug-likeness (QED) is 0.814. The van der Waals surface area contributed by atoms with Gasteiger partial charge in [0.1, 0.15) is 5.01 Å². The zero-order chi connectivity index (χ0) is 17.7. The molecule has 132 valence electrons. The van der Waals surface area contributed by atoms with Gasteiger partial charge in [0.15, 0.2) is 11.5 Å². The predicted molar refractivity (Wildman–Crippen MR) is 83.1 cm³/mol. The summed E-state index contributed by atoms with van der Waals surface area (Å²) in [4.78, 5) is 0. The monoisotopic (exact) mass is 363 g/mol. The average Bonchev–Trinajstić information content (AvgIpc) is 2.97. The van der Waals surface area contributed by atoms with Crippen LogP contribution in [-0.4, -0.2) is 37.7 Å². The van der Waals surface area contributed by atoms with Gasteiger partial charge in [-0.3, -0.25) is 0 Å². The first-order valence-corrected chi connectivity index (χ1v) is 7.59. The molecule has 0 saturated heterocycles. The van der Waals surface area contributed by atoms with Crippen LogP contribution in [0.15, 0.2) is 12.1 Å². The number of alkyl halides is 3. The van der Waals surface area contributed by atoms with Crippen molar-refractivity contribution in [2.45, 2.75) is 19.1 Å². The maximum Gasteiger partial charge on any atom is 0.395 e. The van der Waals surface area contributed by atoms with E-state index in [2.05, 4.69) is 15.5 Å². The summed E-state index contributed by atoms with van der Waals surface area (Å²) < 4.78 is 52.7. The largest absolute Gasteiger partial charge is 0.493 e. The Balaban J connectivity index is 2.09. The molecule has 2 rings (SSSR count). The Kier molecular flexibility index (Phi) is 5.71. The number of hydrogen-bond donors (Lipinski definition) is 1. The molecule has 0 saturated carbocycles. The van der Waals surface area contributed by atoms with Crippen molar-refractivity contribution in [3.05, 3.63) is 22.7 Å². The second kappa shape index (κ2) is 7.56. The van der Waals surface area contributed by atoms with Crippen LogP contribution in [-0.2, 0) is 13.0 Å². The zero-order valence-electron chi connectivity index (χ0n) is 13.2. The van der Waals surface area contributed by atoms with Crippen LogP contribution in [0.3, 0.4) is 0 Å². The molecule has 24 heavy (non-hydrogen) atoms. The van der Waals surface area contributed by atoms with Gasteiger partial charge in [-0.2, -0.15) is 13.2 Å². The summed E-state index contributed by atoms with van der Waals surface area (Å²) in [6.07, 6.45) is -5.38. The van der Waals surface area contributed by atoms with E-state index in [0.717, 1.165) is 16.9 Å². The van der Waals surface area contributed by atoms with Crippen LogP contribution in [0.1, 0.15) is 10.6 Å². The van der Waals surface area contributed by atoms with Gasteiger partial charge in [0.25, 0.3) is 0 Å².